The lowest BCUT2D eigenvalue weighted by molar-refractivity contribution is -0.00184. The molecule has 0 radical (unpaired) electrons. The second-order valence-electron chi connectivity index (χ2n) is 6.40. The molecule has 9 nitrogen and oxygen atoms in total. The normalized spacial score (nSPS) is 13.0. The number of methoxy groups -OCH3 is 4. The monoisotopic (exact) mass is 436 g/mol. The molecule has 2 rings (SSSR count). The van der Waals surface area contributed by atoms with Gasteiger partial charge in [-0.15, -0.1) is 0 Å². The summed E-state index contributed by atoms with van der Waals surface area (Å²) in [4.78, 5) is 0. The largest absolute Gasteiger partial charge is 0.502 e. The Kier molecular flexibility index (Phi) is 8.80. The molecule has 0 aliphatic rings. The number of ether oxygens (including phenoxy) is 5. The Hall–Kier alpha value is -3.14. The molecule has 0 fully saturated rings. The van der Waals surface area contributed by atoms with Gasteiger partial charge in [-0.1, -0.05) is 12.2 Å². The van der Waals surface area contributed by atoms with Crippen molar-refractivity contribution in [2.24, 2.45) is 0 Å². The van der Waals surface area contributed by atoms with E-state index in [2.05, 4.69) is 0 Å². The number of benzene rings is 2. The van der Waals surface area contributed by atoms with Crippen molar-refractivity contribution in [3.05, 3.63) is 41.5 Å². The third-order valence-electron chi connectivity index (χ3n) is 4.54. The Morgan fingerprint density at radius 2 is 1.35 bits per heavy atom. The van der Waals surface area contributed by atoms with Crippen LogP contribution in [-0.4, -0.2) is 68.2 Å². The quantitative estimate of drug-likeness (QED) is 0.418. The molecule has 4 N–H and O–H groups in total. The molecule has 2 atom stereocenters. The Morgan fingerprint density at radius 3 is 1.77 bits per heavy atom. The van der Waals surface area contributed by atoms with E-state index < -0.39 is 18.8 Å². The van der Waals surface area contributed by atoms with E-state index in [-0.39, 0.29) is 29.6 Å². The first-order chi connectivity index (χ1) is 14.9. The molecule has 0 amide bonds. The van der Waals surface area contributed by atoms with Crippen molar-refractivity contribution >= 4 is 6.08 Å². The molecule has 170 valence electrons. The summed E-state index contributed by atoms with van der Waals surface area (Å²) >= 11 is 0. The maximum absolute atomic E-state index is 10.9. The van der Waals surface area contributed by atoms with Gasteiger partial charge in [0.15, 0.2) is 29.1 Å². The average Bonchev–Trinajstić information content (AvgIpc) is 2.80. The van der Waals surface area contributed by atoms with Gasteiger partial charge in [0.25, 0.3) is 0 Å². The summed E-state index contributed by atoms with van der Waals surface area (Å²) in [6, 6.07) is 6.17. The zero-order chi connectivity index (χ0) is 23.0. The van der Waals surface area contributed by atoms with Crippen LogP contribution in [0.25, 0.3) is 6.08 Å². The summed E-state index contributed by atoms with van der Waals surface area (Å²) in [6.07, 6.45) is 0.820. The predicted octanol–water partition coefficient (Wildman–Crippen LogP) is 1.91. The molecule has 9 heteroatoms. The van der Waals surface area contributed by atoms with Gasteiger partial charge in [0.1, 0.15) is 6.10 Å². The SMILES string of the molecule is COc1cc([C@@H](O)[C@H](CO)Oc2c(OC)cc(C=CCO)cc2OC)cc(OC)c1O. The summed E-state index contributed by atoms with van der Waals surface area (Å²) in [5.74, 6) is 0.784. The van der Waals surface area contributed by atoms with E-state index in [9.17, 15) is 15.3 Å². The first-order valence-corrected chi connectivity index (χ1v) is 9.37. The molecule has 2 aromatic carbocycles. The van der Waals surface area contributed by atoms with Crippen LogP contribution in [0.1, 0.15) is 17.2 Å². The number of aliphatic hydroxyl groups is 3. The smallest absolute Gasteiger partial charge is 0.204 e. The van der Waals surface area contributed by atoms with Crippen LogP contribution in [0.15, 0.2) is 30.3 Å². The van der Waals surface area contributed by atoms with Gasteiger partial charge in [-0.3, -0.25) is 0 Å². The number of hydrogen-bond donors (Lipinski definition) is 4. The van der Waals surface area contributed by atoms with Crippen LogP contribution in [0.2, 0.25) is 0 Å². The summed E-state index contributed by atoms with van der Waals surface area (Å²) < 4.78 is 26.9. The average molecular weight is 436 g/mol. The Bertz CT molecular complexity index is 845. The number of aliphatic hydroxyl groups excluding tert-OH is 3. The highest BCUT2D eigenvalue weighted by Crippen LogP contribution is 2.42. The molecule has 0 aromatic heterocycles. The summed E-state index contributed by atoms with van der Waals surface area (Å²) in [7, 11) is 5.63. The lowest BCUT2D eigenvalue weighted by atomic mass is 10.0. The van der Waals surface area contributed by atoms with Crippen molar-refractivity contribution < 1.29 is 44.1 Å². The van der Waals surface area contributed by atoms with E-state index in [1.54, 1.807) is 24.3 Å². The number of hydrogen-bond acceptors (Lipinski definition) is 9. The minimum Gasteiger partial charge on any atom is -0.502 e. The van der Waals surface area contributed by atoms with Crippen molar-refractivity contribution in [1.29, 1.82) is 0 Å². The van der Waals surface area contributed by atoms with Crippen LogP contribution in [0.5, 0.6) is 34.5 Å². The van der Waals surface area contributed by atoms with E-state index in [1.807, 2.05) is 0 Å². The molecule has 0 saturated heterocycles. The zero-order valence-electron chi connectivity index (χ0n) is 17.9. The summed E-state index contributed by atoms with van der Waals surface area (Å²) in [5.41, 5.74) is 0.996. The number of phenolic OH excluding ortho intramolecular Hbond substituents is 1. The Labute approximate surface area is 180 Å². The second kappa shape index (κ2) is 11.3. The molecular formula is C22H28O9. The standard InChI is InChI=1S/C22H28O9/c1-27-15-10-14(11-16(28-2)21(15)26)20(25)19(12-24)31-22-17(29-3)8-13(6-5-7-23)9-18(22)30-4/h5-6,8-11,19-20,23-26H,7,12H2,1-4H3/t19-,20+/m0/s1. The summed E-state index contributed by atoms with van der Waals surface area (Å²) in [6.45, 7) is -0.660. The predicted molar refractivity (Wildman–Crippen MR) is 113 cm³/mol. The highest BCUT2D eigenvalue weighted by Gasteiger charge is 2.27. The third-order valence-corrected chi connectivity index (χ3v) is 4.54. The van der Waals surface area contributed by atoms with Crippen molar-refractivity contribution in [2.45, 2.75) is 12.2 Å². The lowest BCUT2D eigenvalue weighted by Gasteiger charge is -2.25. The van der Waals surface area contributed by atoms with Crippen LogP contribution < -0.4 is 23.7 Å². The number of rotatable bonds is 11. The molecule has 0 unspecified atom stereocenters. The van der Waals surface area contributed by atoms with Crippen molar-refractivity contribution in [3.63, 3.8) is 0 Å². The molecule has 0 saturated carbocycles. The van der Waals surface area contributed by atoms with Gasteiger partial charge in [0, 0.05) is 0 Å². The maximum Gasteiger partial charge on any atom is 0.204 e. The highest BCUT2D eigenvalue weighted by molar-refractivity contribution is 5.62. The van der Waals surface area contributed by atoms with Gasteiger partial charge in [0.2, 0.25) is 11.5 Å². The molecule has 31 heavy (non-hydrogen) atoms. The minimum atomic E-state index is -1.31. The summed E-state index contributed by atoms with van der Waals surface area (Å²) in [5, 5.41) is 39.8. The zero-order valence-corrected chi connectivity index (χ0v) is 17.9. The van der Waals surface area contributed by atoms with E-state index in [0.29, 0.717) is 22.6 Å². The molecular weight excluding hydrogens is 408 g/mol. The number of phenols is 1. The van der Waals surface area contributed by atoms with Crippen LogP contribution in [0, 0.1) is 0 Å². The Balaban J connectivity index is 2.43. The van der Waals surface area contributed by atoms with Gasteiger partial charge in [0.05, 0.1) is 41.7 Å². The van der Waals surface area contributed by atoms with Gasteiger partial charge < -0.3 is 44.1 Å². The van der Waals surface area contributed by atoms with Gasteiger partial charge in [-0.05, 0) is 35.4 Å². The van der Waals surface area contributed by atoms with Crippen LogP contribution in [0.3, 0.4) is 0 Å². The Morgan fingerprint density at radius 1 is 0.839 bits per heavy atom. The van der Waals surface area contributed by atoms with Crippen LogP contribution in [-0.2, 0) is 0 Å². The van der Waals surface area contributed by atoms with Crippen molar-refractivity contribution in [2.75, 3.05) is 41.7 Å². The molecule has 0 aliphatic carbocycles. The van der Waals surface area contributed by atoms with E-state index in [4.69, 9.17) is 28.8 Å². The van der Waals surface area contributed by atoms with Crippen molar-refractivity contribution in [1.82, 2.24) is 0 Å². The van der Waals surface area contributed by atoms with Crippen LogP contribution >= 0.6 is 0 Å². The molecule has 0 bridgehead atoms. The molecule has 0 heterocycles. The fourth-order valence-corrected chi connectivity index (χ4v) is 2.95. The van der Waals surface area contributed by atoms with E-state index in [1.165, 1.54) is 40.6 Å². The fraction of sp³-hybridized carbons (Fsp3) is 0.364. The van der Waals surface area contributed by atoms with Crippen molar-refractivity contribution in [3.8, 4) is 34.5 Å². The van der Waals surface area contributed by atoms with Gasteiger partial charge in [-0.25, -0.2) is 0 Å². The highest BCUT2D eigenvalue weighted by atomic mass is 16.6. The number of aromatic hydroxyl groups is 1. The minimum absolute atomic E-state index is 0.0975. The topological polar surface area (TPSA) is 127 Å². The van der Waals surface area contributed by atoms with Gasteiger partial charge >= 0.3 is 0 Å². The van der Waals surface area contributed by atoms with Crippen LogP contribution in [0.4, 0.5) is 0 Å². The molecule has 0 aliphatic heterocycles. The lowest BCUT2D eigenvalue weighted by Crippen LogP contribution is -2.29. The fourth-order valence-electron chi connectivity index (χ4n) is 2.95. The first kappa shape index (κ1) is 24.1. The third kappa shape index (κ3) is 5.52. The van der Waals surface area contributed by atoms with Gasteiger partial charge in [-0.2, -0.15) is 0 Å². The first-order valence-electron chi connectivity index (χ1n) is 9.37. The second-order valence-corrected chi connectivity index (χ2v) is 6.40. The van der Waals surface area contributed by atoms with E-state index in [0.717, 1.165) is 0 Å². The molecule has 2 aromatic rings. The molecule has 0 spiro atoms. The van der Waals surface area contributed by atoms with E-state index >= 15 is 0 Å². The maximum atomic E-state index is 10.9.